The van der Waals surface area contributed by atoms with E-state index >= 15 is 0 Å². The van der Waals surface area contributed by atoms with E-state index in [4.69, 9.17) is 5.26 Å². The van der Waals surface area contributed by atoms with Gasteiger partial charge in [0.05, 0.1) is 12.2 Å². The summed E-state index contributed by atoms with van der Waals surface area (Å²) in [5, 5.41) is 21.1. The molecular weight excluding hydrogens is 363 g/mol. The zero-order chi connectivity index (χ0) is 19.9. The molecule has 3 rings (SSSR count). The van der Waals surface area contributed by atoms with Gasteiger partial charge in [0.1, 0.15) is 17.4 Å². The molecule has 1 aromatic carbocycles. The first-order valence-electron chi connectivity index (χ1n) is 9.15. The molecule has 0 bridgehead atoms. The van der Waals surface area contributed by atoms with Crippen molar-refractivity contribution in [1.82, 2.24) is 20.4 Å². The molecule has 1 aromatic heterocycles. The van der Waals surface area contributed by atoms with Crippen LogP contribution in [0.2, 0.25) is 0 Å². The van der Waals surface area contributed by atoms with Gasteiger partial charge in [0, 0.05) is 18.3 Å². The molecule has 1 aliphatic carbocycles. The molecule has 1 aliphatic rings. The Hall–Kier alpha value is -3.41. The van der Waals surface area contributed by atoms with E-state index in [1.54, 1.807) is 12.1 Å². The van der Waals surface area contributed by atoms with Crippen LogP contribution in [0.3, 0.4) is 0 Å². The third-order valence-corrected chi connectivity index (χ3v) is 4.56. The van der Waals surface area contributed by atoms with E-state index in [0.29, 0.717) is 0 Å². The van der Waals surface area contributed by atoms with Crippen molar-refractivity contribution in [3.05, 3.63) is 41.8 Å². The van der Waals surface area contributed by atoms with Crippen LogP contribution in [0.4, 0.5) is 15.0 Å². The van der Waals surface area contributed by atoms with Crippen molar-refractivity contribution in [3.63, 3.8) is 0 Å². The lowest BCUT2D eigenvalue weighted by Gasteiger charge is -2.22. The van der Waals surface area contributed by atoms with Gasteiger partial charge >= 0.3 is 6.03 Å². The van der Waals surface area contributed by atoms with Crippen molar-refractivity contribution in [2.24, 2.45) is 0 Å². The summed E-state index contributed by atoms with van der Waals surface area (Å²) in [5.74, 6) is -0.670. The highest BCUT2D eigenvalue weighted by Gasteiger charge is 2.16. The lowest BCUT2D eigenvalue weighted by Crippen LogP contribution is -2.43. The van der Waals surface area contributed by atoms with Gasteiger partial charge in [0.15, 0.2) is 5.82 Å². The second-order valence-corrected chi connectivity index (χ2v) is 6.60. The van der Waals surface area contributed by atoms with Gasteiger partial charge in [-0.15, -0.1) is 5.10 Å². The van der Waals surface area contributed by atoms with Crippen molar-refractivity contribution in [2.45, 2.75) is 38.1 Å². The Morgan fingerprint density at radius 3 is 2.79 bits per heavy atom. The van der Waals surface area contributed by atoms with Gasteiger partial charge in [0.2, 0.25) is 5.91 Å². The number of anilines is 1. The SMILES string of the molecule is N#Cc1c(F)cccc1-n1ccc(NC(=O)NCC(=O)NC2CCCCC2)n1. The highest BCUT2D eigenvalue weighted by Crippen LogP contribution is 2.18. The third-order valence-electron chi connectivity index (χ3n) is 4.56. The van der Waals surface area contributed by atoms with Gasteiger partial charge in [-0.25, -0.2) is 13.9 Å². The Kier molecular flexibility index (Phi) is 6.22. The summed E-state index contributed by atoms with van der Waals surface area (Å²) in [6.45, 7) is -0.133. The molecule has 3 N–H and O–H groups in total. The van der Waals surface area contributed by atoms with E-state index in [0.717, 1.165) is 25.7 Å². The molecule has 0 spiro atoms. The zero-order valence-corrected chi connectivity index (χ0v) is 15.2. The molecule has 28 heavy (non-hydrogen) atoms. The molecule has 9 heteroatoms. The van der Waals surface area contributed by atoms with Crippen LogP contribution in [0.1, 0.15) is 37.7 Å². The van der Waals surface area contributed by atoms with Crippen LogP contribution in [0.25, 0.3) is 5.69 Å². The van der Waals surface area contributed by atoms with E-state index in [-0.39, 0.29) is 35.6 Å². The summed E-state index contributed by atoms with van der Waals surface area (Å²) in [6.07, 6.45) is 6.87. The average Bonchev–Trinajstić information content (AvgIpc) is 3.15. The van der Waals surface area contributed by atoms with E-state index in [9.17, 15) is 14.0 Å². The summed E-state index contributed by atoms with van der Waals surface area (Å²) in [7, 11) is 0. The lowest BCUT2D eigenvalue weighted by atomic mass is 9.95. The predicted octanol–water partition coefficient (Wildman–Crippen LogP) is 2.45. The summed E-state index contributed by atoms with van der Waals surface area (Å²) in [6, 6.07) is 7.12. The number of carbonyl (C=O) groups is 2. The third kappa shape index (κ3) is 4.85. The molecule has 1 fully saturated rings. The minimum Gasteiger partial charge on any atom is -0.352 e. The molecule has 3 amide bonds. The fourth-order valence-electron chi connectivity index (χ4n) is 3.19. The largest absolute Gasteiger partial charge is 0.352 e. The highest BCUT2D eigenvalue weighted by molar-refractivity contribution is 5.91. The van der Waals surface area contributed by atoms with Gasteiger partial charge in [-0.1, -0.05) is 25.3 Å². The van der Waals surface area contributed by atoms with Crippen molar-refractivity contribution < 1.29 is 14.0 Å². The number of rotatable bonds is 5. The Labute approximate surface area is 161 Å². The smallest absolute Gasteiger partial charge is 0.320 e. The van der Waals surface area contributed by atoms with Crippen molar-refractivity contribution in [2.75, 3.05) is 11.9 Å². The van der Waals surface area contributed by atoms with E-state index in [1.807, 2.05) is 0 Å². The maximum Gasteiger partial charge on any atom is 0.320 e. The number of nitrogens with one attached hydrogen (secondary N) is 3. The first-order valence-corrected chi connectivity index (χ1v) is 9.15. The highest BCUT2D eigenvalue weighted by atomic mass is 19.1. The molecule has 1 heterocycles. The average molecular weight is 384 g/mol. The number of amides is 3. The van der Waals surface area contributed by atoms with Crippen LogP contribution < -0.4 is 16.0 Å². The summed E-state index contributed by atoms with van der Waals surface area (Å²) in [5.41, 5.74) is 0.129. The van der Waals surface area contributed by atoms with Crippen molar-refractivity contribution in [3.8, 4) is 11.8 Å². The number of hydrogen-bond donors (Lipinski definition) is 3. The fraction of sp³-hybridized carbons (Fsp3) is 0.368. The number of nitriles is 1. The van der Waals surface area contributed by atoms with Crippen LogP contribution in [0, 0.1) is 17.1 Å². The van der Waals surface area contributed by atoms with Gasteiger partial charge in [-0.2, -0.15) is 5.26 Å². The second kappa shape index (κ2) is 8.99. The summed E-state index contributed by atoms with van der Waals surface area (Å²) in [4.78, 5) is 23.9. The molecule has 146 valence electrons. The van der Waals surface area contributed by atoms with E-state index in [1.165, 1.54) is 35.5 Å². The topological polar surface area (TPSA) is 112 Å². The van der Waals surface area contributed by atoms with Gasteiger partial charge in [-0.05, 0) is 25.0 Å². The molecule has 2 aromatic rings. The summed E-state index contributed by atoms with van der Waals surface area (Å²) >= 11 is 0. The normalized spacial score (nSPS) is 14.1. The number of nitrogens with zero attached hydrogens (tertiary/aromatic N) is 3. The van der Waals surface area contributed by atoms with Crippen LogP contribution in [0.5, 0.6) is 0 Å². The zero-order valence-electron chi connectivity index (χ0n) is 15.2. The molecule has 0 atom stereocenters. The van der Waals surface area contributed by atoms with E-state index < -0.39 is 11.8 Å². The minimum atomic E-state index is -0.647. The monoisotopic (exact) mass is 384 g/mol. The summed E-state index contributed by atoms with van der Waals surface area (Å²) < 4.78 is 15.0. The predicted molar refractivity (Wildman–Crippen MR) is 100 cm³/mol. The van der Waals surface area contributed by atoms with Gasteiger partial charge in [0.25, 0.3) is 0 Å². The van der Waals surface area contributed by atoms with Crippen molar-refractivity contribution in [1.29, 1.82) is 5.26 Å². The van der Waals surface area contributed by atoms with Crippen LogP contribution in [-0.2, 0) is 4.79 Å². The van der Waals surface area contributed by atoms with Crippen LogP contribution in [0.15, 0.2) is 30.5 Å². The number of carbonyl (C=O) groups excluding carboxylic acids is 2. The first-order chi connectivity index (χ1) is 13.6. The number of aromatic nitrogens is 2. The number of halogens is 1. The Balaban J connectivity index is 1.52. The molecule has 0 saturated heterocycles. The van der Waals surface area contributed by atoms with Crippen LogP contribution in [-0.4, -0.2) is 34.3 Å². The maximum absolute atomic E-state index is 13.7. The number of hydrogen-bond acceptors (Lipinski definition) is 4. The Morgan fingerprint density at radius 1 is 1.25 bits per heavy atom. The van der Waals surface area contributed by atoms with Gasteiger partial charge < -0.3 is 10.6 Å². The number of urea groups is 1. The van der Waals surface area contributed by atoms with Gasteiger partial charge in [-0.3, -0.25) is 10.1 Å². The lowest BCUT2D eigenvalue weighted by molar-refractivity contribution is -0.121. The fourth-order valence-corrected chi connectivity index (χ4v) is 3.19. The maximum atomic E-state index is 13.7. The van der Waals surface area contributed by atoms with Crippen molar-refractivity contribution >= 4 is 17.8 Å². The van der Waals surface area contributed by atoms with Crippen LogP contribution >= 0.6 is 0 Å². The number of benzene rings is 1. The molecule has 0 aliphatic heterocycles. The standard InChI is InChI=1S/C19H21FN6O2/c20-15-7-4-8-16(14(15)11-21)26-10-9-17(25-26)24-19(28)22-12-18(27)23-13-5-2-1-3-6-13/h4,7-10,13H,1-3,5-6,12H2,(H,23,27)(H2,22,24,25,28). The minimum absolute atomic E-state index is 0.133. The Bertz CT molecular complexity index is 898. The molecular formula is C19H21FN6O2. The molecule has 0 radical (unpaired) electrons. The molecule has 0 unspecified atom stereocenters. The first kappa shape index (κ1) is 19.4. The van der Waals surface area contributed by atoms with E-state index in [2.05, 4.69) is 21.0 Å². The molecule has 8 nitrogen and oxygen atoms in total. The quantitative estimate of drug-likeness (QED) is 0.735. The molecule has 1 saturated carbocycles. The second-order valence-electron chi connectivity index (χ2n) is 6.60. The Morgan fingerprint density at radius 2 is 2.04 bits per heavy atom.